The van der Waals surface area contributed by atoms with Gasteiger partial charge in [0.15, 0.2) is 0 Å². The van der Waals surface area contributed by atoms with E-state index in [9.17, 15) is 4.79 Å². The first kappa shape index (κ1) is 15.7. The van der Waals surface area contributed by atoms with Crippen LogP contribution in [-0.4, -0.2) is 16.9 Å². The Morgan fingerprint density at radius 2 is 2.05 bits per heavy atom. The lowest BCUT2D eigenvalue weighted by Gasteiger charge is -2.13. The van der Waals surface area contributed by atoms with Gasteiger partial charge >= 0.3 is 0 Å². The number of para-hydroxylation sites is 1. The largest absolute Gasteiger partial charge is 0.350 e. The molecule has 0 fully saturated rings. The molecule has 1 heterocycles. The standard InChI is InChI=1S/C17H22N2OS/c1-12(2)8-9-13(3)18-16(20)10-11-17-19-14-6-4-5-7-15(14)21-17/h4-7,10-13H,8-9H2,1-3H3,(H,18,20)/b11-10+. The van der Waals surface area contributed by atoms with Crippen LogP contribution < -0.4 is 5.32 Å². The van der Waals surface area contributed by atoms with E-state index < -0.39 is 0 Å². The lowest BCUT2D eigenvalue weighted by atomic mass is 10.0. The molecule has 0 aliphatic carbocycles. The van der Waals surface area contributed by atoms with Crippen molar-refractivity contribution >= 4 is 33.5 Å². The number of carbonyl (C=O) groups excluding carboxylic acids is 1. The maximum absolute atomic E-state index is 11.9. The first-order valence-electron chi connectivity index (χ1n) is 7.38. The molecule has 0 aliphatic heterocycles. The van der Waals surface area contributed by atoms with Crippen LogP contribution in [0.5, 0.6) is 0 Å². The number of hydrogen-bond donors (Lipinski definition) is 1. The van der Waals surface area contributed by atoms with Gasteiger partial charge in [-0.15, -0.1) is 11.3 Å². The molecule has 112 valence electrons. The zero-order valence-corrected chi connectivity index (χ0v) is 13.6. The molecule has 1 aromatic carbocycles. The number of nitrogens with one attached hydrogen (secondary N) is 1. The van der Waals surface area contributed by atoms with Crippen molar-refractivity contribution in [1.29, 1.82) is 0 Å². The van der Waals surface area contributed by atoms with E-state index >= 15 is 0 Å². The lowest BCUT2D eigenvalue weighted by molar-refractivity contribution is -0.117. The van der Waals surface area contributed by atoms with Gasteiger partial charge in [-0.3, -0.25) is 4.79 Å². The summed E-state index contributed by atoms with van der Waals surface area (Å²) >= 11 is 1.59. The van der Waals surface area contributed by atoms with Gasteiger partial charge in [0.05, 0.1) is 10.2 Å². The molecular formula is C17H22N2OS. The summed E-state index contributed by atoms with van der Waals surface area (Å²) in [6.07, 6.45) is 5.50. The second-order valence-corrected chi connectivity index (χ2v) is 6.80. The fourth-order valence-corrected chi connectivity index (χ4v) is 2.93. The fourth-order valence-electron chi connectivity index (χ4n) is 2.05. The Bertz CT molecular complexity index is 598. The molecule has 1 atom stereocenters. The van der Waals surface area contributed by atoms with Crippen molar-refractivity contribution in [3.63, 3.8) is 0 Å². The number of thiazole rings is 1. The van der Waals surface area contributed by atoms with Crippen molar-refractivity contribution in [2.24, 2.45) is 5.92 Å². The van der Waals surface area contributed by atoms with Gasteiger partial charge in [-0.1, -0.05) is 26.0 Å². The van der Waals surface area contributed by atoms with Crippen LogP contribution in [0.4, 0.5) is 0 Å². The van der Waals surface area contributed by atoms with Gasteiger partial charge in [0, 0.05) is 12.1 Å². The van der Waals surface area contributed by atoms with Crippen LogP contribution in [0.25, 0.3) is 16.3 Å². The van der Waals surface area contributed by atoms with Gasteiger partial charge in [-0.05, 0) is 43.9 Å². The highest BCUT2D eigenvalue weighted by Gasteiger charge is 2.06. The summed E-state index contributed by atoms with van der Waals surface area (Å²) < 4.78 is 1.14. The van der Waals surface area contributed by atoms with Crippen molar-refractivity contribution in [2.45, 2.75) is 39.7 Å². The Morgan fingerprint density at radius 1 is 1.29 bits per heavy atom. The lowest BCUT2D eigenvalue weighted by Crippen LogP contribution is -2.31. The Hall–Kier alpha value is -1.68. The normalized spacial score (nSPS) is 13.1. The topological polar surface area (TPSA) is 42.0 Å². The van der Waals surface area contributed by atoms with Crippen LogP contribution in [0.3, 0.4) is 0 Å². The number of hydrogen-bond acceptors (Lipinski definition) is 3. The van der Waals surface area contributed by atoms with Crippen LogP contribution in [0.1, 0.15) is 38.6 Å². The zero-order valence-electron chi connectivity index (χ0n) is 12.8. The van der Waals surface area contributed by atoms with Crippen LogP contribution >= 0.6 is 11.3 Å². The van der Waals surface area contributed by atoms with E-state index in [1.807, 2.05) is 31.2 Å². The van der Waals surface area contributed by atoms with Gasteiger partial charge < -0.3 is 5.32 Å². The Labute approximate surface area is 130 Å². The zero-order chi connectivity index (χ0) is 15.2. The second-order valence-electron chi connectivity index (χ2n) is 5.73. The summed E-state index contributed by atoms with van der Waals surface area (Å²) in [5.74, 6) is 0.619. The average Bonchev–Trinajstić information content (AvgIpc) is 2.86. The highest BCUT2D eigenvalue weighted by Crippen LogP contribution is 2.22. The molecule has 2 rings (SSSR count). The van der Waals surface area contributed by atoms with Crippen LogP contribution in [-0.2, 0) is 4.79 Å². The summed E-state index contributed by atoms with van der Waals surface area (Å²) in [7, 11) is 0. The van der Waals surface area contributed by atoms with E-state index in [1.165, 1.54) is 0 Å². The Balaban J connectivity index is 1.89. The van der Waals surface area contributed by atoms with E-state index in [2.05, 4.69) is 24.1 Å². The predicted molar refractivity (Wildman–Crippen MR) is 90.3 cm³/mol. The molecule has 21 heavy (non-hydrogen) atoms. The number of carbonyl (C=O) groups is 1. The number of fused-ring (bicyclic) bond motifs is 1. The minimum absolute atomic E-state index is 0.0505. The molecule has 4 heteroatoms. The molecule has 0 radical (unpaired) electrons. The Kier molecular flexibility index (Phi) is 5.51. The van der Waals surface area contributed by atoms with Crippen molar-refractivity contribution < 1.29 is 4.79 Å². The number of nitrogens with zero attached hydrogens (tertiary/aromatic N) is 1. The molecule has 0 aliphatic rings. The van der Waals surface area contributed by atoms with Crippen LogP contribution in [0.2, 0.25) is 0 Å². The quantitative estimate of drug-likeness (QED) is 0.810. The molecule has 1 aromatic heterocycles. The van der Waals surface area contributed by atoms with Crippen LogP contribution in [0.15, 0.2) is 30.3 Å². The van der Waals surface area contributed by atoms with Gasteiger partial charge in [-0.25, -0.2) is 4.98 Å². The number of benzene rings is 1. The summed E-state index contributed by atoms with van der Waals surface area (Å²) in [6, 6.07) is 8.20. The smallest absolute Gasteiger partial charge is 0.244 e. The van der Waals surface area contributed by atoms with E-state index in [0.29, 0.717) is 5.92 Å². The van der Waals surface area contributed by atoms with E-state index in [1.54, 1.807) is 23.5 Å². The van der Waals surface area contributed by atoms with E-state index in [0.717, 1.165) is 28.1 Å². The molecule has 1 N–H and O–H groups in total. The number of rotatable bonds is 6. The Morgan fingerprint density at radius 3 is 2.76 bits per heavy atom. The maximum atomic E-state index is 11.9. The van der Waals surface area contributed by atoms with Gasteiger partial charge in [-0.2, -0.15) is 0 Å². The third-order valence-electron chi connectivity index (χ3n) is 3.25. The molecule has 0 spiro atoms. The van der Waals surface area contributed by atoms with E-state index in [4.69, 9.17) is 0 Å². The summed E-state index contributed by atoms with van der Waals surface area (Å²) in [5, 5.41) is 3.85. The SMILES string of the molecule is CC(C)CCC(C)NC(=O)/C=C/c1nc2ccccc2s1. The highest BCUT2D eigenvalue weighted by atomic mass is 32.1. The van der Waals surface area contributed by atoms with Gasteiger partial charge in [0.2, 0.25) is 5.91 Å². The first-order valence-corrected chi connectivity index (χ1v) is 8.20. The number of aromatic nitrogens is 1. The molecule has 1 amide bonds. The van der Waals surface area contributed by atoms with Gasteiger partial charge in [0.1, 0.15) is 5.01 Å². The number of amides is 1. The van der Waals surface area contributed by atoms with Gasteiger partial charge in [0.25, 0.3) is 0 Å². The van der Waals surface area contributed by atoms with E-state index in [-0.39, 0.29) is 11.9 Å². The first-order chi connectivity index (χ1) is 10.0. The molecule has 0 bridgehead atoms. The van der Waals surface area contributed by atoms with Crippen molar-refractivity contribution in [3.8, 4) is 0 Å². The monoisotopic (exact) mass is 302 g/mol. The molecule has 3 nitrogen and oxygen atoms in total. The maximum Gasteiger partial charge on any atom is 0.244 e. The minimum Gasteiger partial charge on any atom is -0.350 e. The molecule has 2 aromatic rings. The third kappa shape index (κ3) is 4.97. The highest BCUT2D eigenvalue weighted by molar-refractivity contribution is 7.19. The van der Waals surface area contributed by atoms with Crippen LogP contribution in [0, 0.1) is 5.92 Å². The fraction of sp³-hybridized carbons (Fsp3) is 0.412. The molecule has 0 saturated heterocycles. The predicted octanol–water partition coefficient (Wildman–Crippen LogP) is 4.25. The molecule has 1 unspecified atom stereocenters. The minimum atomic E-state index is -0.0505. The summed E-state index contributed by atoms with van der Waals surface area (Å²) in [6.45, 7) is 6.44. The van der Waals surface area contributed by atoms with Crippen molar-refractivity contribution in [2.75, 3.05) is 0 Å². The van der Waals surface area contributed by atoms with Crippen molar-refractivity contribution in [3.05, 3.63) is 35.3 Å². The summed E-state index contributed by atoms with van der Waals surface area (Å²) in [5.41, 5.74) is 0.979. The summed E-state index contributed by atoms with van der Waals surface area (Å²) in [4.78, 5) is 16.3. The molecule has 0 saturated carbocycles. The van der Waals surface area contributed by atoms with Crippen molar-refractivity contribution in [1.82, 2.24) is 10.3 Å². The molecular weight excluding hydrogens is 280 g/mol. The average molecular weight is 302 g/mol. The third-order valence-corrected chi connectivity index (χ3v) is 4.26. The second kappa shape index (κ2) is 7.36.